The Labute approximate surface area is 234 Å². The molecule has 3 rings (SSSR count). The molecular formula is C28H31Cl2N3O4S. The number of carbonyl (C=O) groups excluding carboxylic acids is 2. The summed E-state index contributed by atoms with van der Waals surface area (Å²) < 4.78 is 26.9. The summed E-state index contributed by atoms with van der Waals surface area (Å²) in [5.41, 5.74) is 3.54. The van der Waals surface area contributed by atoms with Crippen LogP contribution in [0.3, 0.4) is 0 Å². The number of hydrogen-bond donors (Lipinski definition) is 1. The average Bonchev–Trinajstić information content (AvgIpc) is 2.88. The van der Waals surface area contributed by atoms with Crippen LogP contribution < -0.4 is 9.62 Å². The Morgan fingerprint density at radius 3 is 2.21 bits per heavy atom. The van der Waals surface area contributed by atoms with Gasteiger partial charge in [-0.3, -0.25) is 13.9 Å². The van der Waals surface area contributed by atoms with Gasteiger partial charge in [0.1, 0.15) is 12.6 Å². The number of halogens is 2. The van der Waals surface area contributed by atoms with E-state index in [2.05, 4.69) is 5.32 Å². The number of sulfonamides is 1. The van der Waals surface area contributed by atoms with E-state index in [4.69, 9.17) is 23.2 Å². The predicted octanol–water partition coefficient (Wildman–Crippen LogP) is 4.76. The Bertz CT molecular complexity index is 1410. The molecule has 0 heterocycles. The Morgan fingerprint density at radius 2 is 1.61 bits per heavy atom. The first-order valence-electron chi connectivity index (χ1n) is 11.9. The number of amides is 2. The molecule has 2 amide bonds. The summed E-state index contributed by atoms with van der Waals surface area (Å²) in [5.74, 6) is -0.910. The van der Waals surface area contributed by atoms with E-state index in [1.54, 1.807) is 30.3 Å². The Morgan fingerprint density at radius 1 is 0.921 bits per heavy atom. The molecule has 3 aromatic rings. The Kier molecular flexibility index (Phi) is 9.82. The van der Waals surface area contributed by atoms with Crippen molar-refractivity contribution in [2.75, 3.05) is 24.2 Å². The van der Waals surface area contributed by atoms with Gasteiger partial charge < -0.3 is 10.2 Å². The maximum absolute atomic E-state index is 14.0. The van der Waals surface area contributed by atoms with Crippen molar-refractivity contribution in [2.24, 2.45) is 0 Å². The third-order valence-corrected chi connectivity index (χ3v) is 8.24. The van der Waals surface area contributed by atoms with Gasteiger partial charge in [0, 0.05) is 20.0 Å². The maximum Gasteiger partial charge on any atom is 0.244 e. The quantitative estimate of drug-likeness (QED) is 0.377. The molecule has 0 aliphatic carbocycles. The number of aryl methyl sites for hydroxylation is 1. The second-order valence-electron chi connectivity index (χ2n) is 9.08. The SMILES string of the molecule is CNC(=O)[C@@H](Cc1ccccc1)N(Cc1ccc(Cl)c(Cl)c1)C(=O)CN(c1cccc(C)c1C)S(C)(=O)=O. The second-order valence-corrected chi connectivity index (χ2v) is 11.8. The van der Waals surface area contributed by atoms with Crippen molar-refractivity contribution in [3.8, 4) is 0 Å². The topological polar surface area (TPSA) is 86.8 Å². The lowest BCUT2D eigenvalue weighted by atomic mass is 10.0. The molecule has 202 valence electrons. The van der Waals surface area contributed by atoms with Crippen LogP contribution in [0.15, 0.2) is 66.7 Å². The van der Waals surface area contributed by atoms with E-state index >= 15 is 0 Å². The second kappa shape index (κ2) is 12.7. The van der Waals surface area contributed by atoms with Gasteiger partial charge in [-0.25, -0.2) is 8.42 Å². The van der Waals surface area contributed by atoms with Crippen LogP contribution in [0.5, 0.6) is 0 Å². The fourth-order valence-corrected chi connectivity index (χ4v) is 5.38. The molecule has 0 aliphatic rings. The highest BCUT2D eigenvalue weighted by atomic mass is 35.5. The van der Waals surface area contributed by atoms with E-state index in [0.29, 0.717) is 21.3 Å². The molecule has 0 radical (unpaired) electrons. The van der Waals surface area contributed by atoms with Crippen molar-refractivity contribution in [3.05, 3.63) is 99.0 Å². The average molecular weight is 577 g/mol. The molecule has 0 spiro atoms. The number of carbonyl (C=O) groups is 2. The van der Waals surface area contributed by atoms with Gasteiger partial charge in [0.15, 0.2) is 0 Å². The lowest BCUT2D eigenvalue weighted by molar-refractivity contribution is -0.139. The van der Waals surface area contributed by atoms with Gasteiger partial charge in [0.05, 0.1) is 22.0 Å². The molecule has 38 heavy (non-hydrogen) atoms. The van der Waals surface area contributed by atoms with Crippen LogP contribution in [-0.4, -0.2) is 51.0 Å². The summed E-state index contributed by atoms with van der Waals surface area (Å²) in [7, 11) is -2.33. The van der Waals surface area contributed by atoms with E-state index in [1.807, 2.05) is 50.2 Å². The first kappa shape index (κ1) is 29.5. The van der Waals surface area contributed by atoms with Gasteiger partial charge in [-0.05, 0) is 54.3 Å². The molecule has 0 aliphatic heterocycles. The molecule has 0 unspecified atom stereocenters. The molecule has 0 saturated heterocycles. The molecule has 0 bridgehead atoms. The number of likely N-dealkylation sites (N-methyl/N-ethyl adjacent to an activating group) is 1. The summed E-state index contributed by atoms with van der Waals surface area (Å²) >= 11 is 12.3. The highest BCUT2D eigenvalue weighted by Gasteiger charge is 2.33. The van der Waals surface area contributed by atoms with E-state index in [0.717, 1.165) is 27.3 Å². The van der Waals surface area contributed by atoms with Crippen molar-refractivity contribution >= 4 is 50.7 Å². The van der Waals surface area contributed by atoms with Crippen molar-refractivity contribution < 1.29 is 18.0 Å². The Hall–Kier alpha value is -3.07. The first-order valence-corrected chi connectivity index (χ1v) is 14.6. The molecule has 7 nitrogen and oxygen atoms in total. The normalized spacial score (nSPS) is 12.1. The highest BCUT2D eigenvalue weighted by molar-refractivity contribution is 7.92. The van der Waals surface area contributed by atoms with E-state index in [-0.39, 0.29) is 18.9 Å². The van der Waals surface area contributed by atoms with Crippen LogP contribution in [0.4, 0.5) is 5.69 Å². The standard InChI is InChI=1S/C28H31Cl2N3O4S/c1-19-9-8-12-25(20(19)2)33(38(4,36)37)18-27(34)32(17-22-13-14-23(29)24(30)15-22)26(28(35)31-3)16-21-10-6-5-7-11-21/h5-15,26H,16-18H2,1-4H3,(H,31,35)/t26-/m1/s1. The van der Waals surface area contributed by atoms with Gasteiger partial charge in [0.2, 0.25) is 21.8 Å². The van der Waals surface area contributed by atoms with Crippen LogP contribution in [0, 0.1) is 13.8 Å². The van der Waals surface area contributed by atoms with Crippen molar-refractivity contribution in [2.45, 2.75) is 32.9 Å². The van der Waals surface area contributed by atoms with Crippen LogP contribution in [0.1, 0.15) is 22.3 Å². The lowest BCUT2D eigenvalue weighted by Crippen LogP contribution is -2.53. The zero-order valence-electron chi connectivity index (χ0n) is 21.7. The minimum Gasteiger partial charge on any atom is -0.357 e. The zero-order valence-corrected chi connectivity index (χ0v) is 24.1. The van der Waals surface area contributed by atoms with Gasteiger partial charge in [0.25, 0.3) is 0 Å². The first-order chi connectivity index (χ1) is 17.9. The van der Waals surface area contributed by atoms with Crippen LogP contribution in [0.25, 0.3) is 0 Å². The molecular weight excluding hydrogens is 545 g/mol. The van der Waals surface area contributed by atoms with E-state index in [9.17, 15) is 18.0 Å². The Balaban J connectivity index is 2.07. The minimum atomic E-state index is -3.83. The smallest absolute Gasteiger partial charge is 0.244 e. The monoisotopic (exact) mass is 575 g/mol. The van der Waals surface area contributed by atoms with Crippen LogP contribution >= 0.6 is 23.2 Å². The molecule has 0 saturated carbocycles. The largest absolute Gasteiger partial charge is 0.357 e. The molecule has 0 aromatic heterocycles. The number of nitrogens with zero attached hydrogens (tertiary/aromatic N) is 2. The third-order valence-electron chi connectivity index (χ3n) is 6.38. The fraction of sp³-hybridized carbons (Fsp3) is 0.286. The third kappa shape index (κ3) is 7.28. The molecule has 1 atom stereocenters. The van der Waals surface area contributed by atoms with Gasteiger partial charge in [-0.2, -0.15) is 0 Å². The maximum atomic E-state index is 14.0. The van der Waals surface area contributed by atoms with Gasteiger partial charge in [-0.1, -0.05) is 71.7 Å². The lowest BCUT2D eigenvalue weighted by Gasteiger charge is -2.33. The minimum absolute atomic E-state index is 0.0189. The van der Waals surface area contributed by atoms with E-state index in [1.165, 1.54) is 11.9 Å². The molecule has 10 heteroatoms. The number of hydrogen-bond acceptors (Lipinski definition) is 4. The summed E-state index contributed by atoms with van der Waals surface area (Å²) in [5, 5.41) is 3.32. The highest BCUT2D eigenvalue weighted by Crippen LogP contribution is 2.27. The van der Waals surface area contributed by atoms with Gasteiger partial charge >= 0.3 is 0 Å². The number of rotatable bonds is 10. The zero-order chi connectivity index (χ0) is 28.0. The van der Waals surface area contributed by atoms with Crippen molar-refractivity contribution in [3.63, 3.8) is 0 Å². The van der Waals surface area contributed by atoms with Crippen molar-refractivity contribution in [1.29, 1.82) is 0 Å². The molecule has 0 fully saturated rings. The summed E-state index contributed by atoms with van der Waals surface area (Å²) in [6, 6.07) is 18.7. The van der Waals surface area contributed by atoms with Crippen LogP contribution in [0.2, 0.25) is 10.0 Å². The van der Waals surface area contributed by atoms with Crippen LogP contribution in [-0.2, 0) is 32.6 Å². The number of nitrogens with one attached hydrogen (secondary N) is 1. The summed E-state index contributed by atoms with van der Waals surface area (Å²) in [4.78, 5) is 28.5. The van der Waals surface area contributed by atoms with Crippen molar-refractivity contribution in [1.82, 2.24) is 10.2 Å². The summed E-state index contributed by atoms with van der Waals surface area (Å²) in [6.07, 6.45) is 1.29. The summed E-state index contributed by atoms with van der Waals surface area (Å²) in [6.45, 7) is 3.22. The molecule has 3 aromatic carbocycles. The van der Waals surface area contributed by atoms with Gasteiger partial charge in [-0.15, -0.1) is 0 Å². The predicted molar refractivity (Wildman–Crippen MR) is 153 cm³/mol. The number of benzene rings is 3. The molecule has 1 N–H and O–H groups in total. The fourth-order valence-electron chi connectivity index (χ4n) is 4.16. The number of anilines is 1. The van der Waals surface area contributed by atoms with E-state index < -0.39 is 28.5 Å².